The first kappa shape index (κ1) is 21.1. The van der Waals surface area contributed by atoms with Gasteiger partial charge in [0.2, 0.25) is 11.6 Å². The van der Waals surface area contributed by atoms with E-state index in [-0.39, 0.29) is 39.8 Å². The molecule has 9 nitrogen and oxygen atoms in total. The molecule has 1 aromatic carbocycles. The second kappa shape index (κ2) is 8.67. The zero-order valence-corrected chi connectivity index (χ0v) is 17.3. The molecule has 0 spiro atoms. The Morgan fingerprint density at radius 2 is 1.79 bits per heavy atom. The van der Waals surface area contributed by atoms with Crippen LogP contribution in [0.15, 0.2) is 15.0 Å². The van der Waals surface area contributed by atoms with Gasteiger partial charge in [0.1, 0.15) is 23.0 Å². The number of carbonyl (C=O) groups is 2. The summed E-state index contributed by atoms with van der Waals surface area (Å²) in [4.78, 5) is 24.7. The van der Waals surface area contributed by atoms with Crippen molar-refractivity contribution in [2.75, 3.05) is 33.8 Å². The number of nitrogens with zero attached hydrogens (tertiary/aromatic N) is 1. The van der Waals surface area contributed by atoms with Crippen LogP contribution in [-0.2, 0) is 4.74 Å². The molecule has 0 saturated heterocycles. The Morgan fingerprint density at radius 1 is 1.14 bits per heavy atom. The topological polar surface area (TPSA) is 120 Å². The highest BCUT2D eigenvalue weighted by Gasteiger charge is 2.28. The van der Waals surface area contributed by atoms with Gasteiger partial charge in [-0.1, -0.05) is 0 Å². The molecule has 0 unspecified atom stereocenters. The zero-order valence-electron chi connectivity index (χ0n) is 15.8. The van der Waals surface area contributed by atoms with Gasteiger partial charge in [-0.15, -0.1) is 0 Å². The van der Waals surface area contributed by atoms with E-state index in [1.165, 1.54) is 41.4 Å². The standard InChI is InChI=1S/C18H17BrN2O7/c1-8-12(18(23)27-5)10(7-20)17(28-8)21-16(22)9-6-11(24-2)14(25-3)15(26-4)13(9)19/h6H,1-5H3,(H,21,22). The Bertz CT molecular complexity index is 976. The smallest absolute Gasteiger partial charge is 0.342 e. The highest BCUT2D eigenvalue weighted by atomic mass is 79.9. The molecule has 1 N–H and O–H groups in total. The minimum Gasteiger partial charge on any atom is -0.493 e. The maximum Gasteiger partial charge on any atom is 0.342 e. The lowest BCUT2D eigenvalue weighted by atomic mass is 10.1. The number of nitriles is 1. The third-order valence-electron chi connectivity index (χ3n) is 3.83. The molecule has 0 fully saturated rings. The number of anilines is 1. The van der Waals surface area contributed by atoms with Crippen LogP contribution < -0.4 is 19.5 Å². The van der Waals surface area contributed by atoms with E-state index < -0.39 is 11.9 Å². The predicted molar refractivity (Wildman–Crippen MR) is 101 cm³/mol. The Kier molecular flexibility index (Phi) is 6.53. The Labute approximate surface area is 169 Å². The highest BCUT2D eigenvalue weighted by Crippen LogP contribution is 2.45. The minimum atomic E-state index is -0.743. The van der Waals surface area contributed by atoms with Gasteiger partial charge in [-0.3, -0.25) is 10.1 Å². The summed E-state index contributed by atoms with van der Waals surface area (Å²) >= 11 is 3.31. The number of aryl methyl sites for hydroxylation is 1. The van der Waals surface area contributed by atoms with E-state index >= 15 is 0 Å². The molecule has 0 atom stereocenters. The first-order valence-corrected chi connectivity index (χ1v) is 8.55. The van der Waals surface area contributed by atoms with Gasteiger partial charge in [0.05, 0.1) is 38.5 Å². The molecule has 2 rings (SSSR count). The average molecular weight is 453 g/mol. The van der Waals surface area contributed by atoms with Gasteiger partial charge in [-0.05, 0) is 28.9 Å². The number of benzene rings is 1. The number of rotatable bonds is 6. The normalized spacial score (nSPS) is 10.0. The van der Waals surface area contributed by atoms with Crippen molar-refractivity contribution in [2.24, 2.45) is 0 Å². The van der Waals surface area contributed by atoms with Crippen molar-refractivity contribution in [2.45, 2.75) is 6.92 Å². The number of esters is 1. The Morgan fingerprint density at radius 3 is 2.29 bits per heavy atom. The second-order valence-corrected chi connectivity index (χ2v) is 6.09. The van der Waals surface area contributed by atoms with Crippen LogP contribution in [0.4, 0.5) is 5.88 Å². The molecule has 148 valence electrons. The van der Waals surface area contributed by atoms with Gasteiger partial charge in [0, 0.05) is 0 Å². The SMILES string of the molecule is COC(=O)c1c(C)oc(NC(=O)c2cc(OC)c(OC)c(OC)c2Br)c1C#N. The van der Waals surface area contributed by atoms with E-state index in [9.17, 15) is 14.9 Å². The number of halogens is 1. The lowest BCUT2D eigenvalue weighted by Gasteiger charge is -2.16. The first-order valence-electron chi connectivity index (χ1n) is 7.76. The molecule has 0 aliphatic heterocycles. The van der Waals surface area contributed by atoms with E-state index in [4.69, 9.17) is 18.6 Å². The monoisotopic (exact) mass is 452 g/mol. The van der Waals surface area contributed by atoms with E-state index in [2.05, 4.69) is 26.0 Å². The van der Waals surface area contributed by atoms with Crippen molar-refractivity contribution in [3.8, 4) is 23.3 Å². The summed E-state index contributed by atoms with van der Waals surface area (Å²) in [6.45, 7) is 1.48. The number of nitrogens with one attached hydrogen (secondary N) is 1. The number of ether oxygens (including phenoxy) is 4. The van der Waals surface area contributed by atoms with Crippen LogP contribution >= 0.6 is 15.9 Å². The van der Waals surface area contributed by atoms with Crippen LogP contribution in [0.2, 0.25) is 0 Å². The number of carbonyl (C=O) groups excluding carboxylic acids is 2. The van der Waals surface area contributed by atoms with Gasteiger partial charge in [0.15, 0.2) is 11.5 Å². The van der Waals surface area contributed by atoms with E-state index in [1.54, 1.807) is 0 Å². The largest absolute Gasteiger partial charge is 0.493 e. The first-order chi connectivity index (χ1) is 13.3. The molecule has 0 bridgehead atoms. The van der Waals surface area contributed by atoms with Crippen LogP contribution in [-0.4, -0.2) is 40.3 Å². The lowest BCUT2D eigenvalue weighted by Crippen LogP contribution is -2.14. The van der Waals surface area contributed by atoms with E-state index in [1.807, 2.05) is 6.07 Å². The number of hydrogen-bond acceptors (Lipinski definition) is 8. The van der Waals surface area contributed by atoms with E-state index in [0.29, 0.717) is 10.2 Å². The van der Waals surface area contributed by atoms with Crippen LogP contribution in [0.3, 0.4) is 0 Å². The number of hydrogen-bond donors (Lipinski definition) is 1. The van der Waals surface area contributed by atoms with Gasteiger partial charge in [-0.2, -0.15) is 5.26 Å². The second-order valence-electron chi connectivity index (χ2n) is 5.30. The van der Waals surface area contributed by atoms with Crippen molar-refractivity contribution in [1.29, 1.82) is 5.26 Å². The van der Waals surface area contributed by atoms with Gasteiger partial charge >= 0.3 is 5.97 Å². The van der Waals surface area contributed by atoms with Crippen LogP contribution in [0, 0.1) is 18.3 Å². The van der Waals surface area contributed by atoms with Crippen molar-refractivity contribution in [1.82, 2.24) is 0 Å². The molecule has 1 amide bonds. The summed E-state index contributed by atoms with van der Waals surface area (Å²) in [5, 5.41) is 11.9. The Balaban J connectivity index is 2.53. The van der Waals surface area contributed by atoms with Crippen molar-refractivity contribution in [3.63, 3.8) is 0 Å². The molecule has 0 radical (unpaired) electrons. The summed E-state index contributed by atoms with van der Waals surface area (Å²) in [5.74, 6) is -0.598. The van der Waals surface area contributed by atoms with Gasteiger partial charge in [0.25, 0.3) is 5.91 Å². The van der Waals surface area contributed by atoms with Crippen molar-refractivity contribution < 1.29 is 33.0 Å². The third kappa shape index (κ3) is 3.61. The third-order valence-corrected chi connectivity index (χ3v) is 4.61. The summed E-state index contributed by atoms with van der Waals surface area (Å²) in [7, 11) is 5.45. The fourth-order valence-electron chi connectivity index (χ4n) is 2.54. The van der Waals surface area contributed by atoms with Crippen LogP contribution in [0.25, 0.3) is 0 Å². The lowest BCUT2D eigenvalue weighted by molar-refractivity contribution is 0.0598. The zero-order chi connectivity index (χ0) is 21.0. The highest BCUT2D eigenvalue weighted by molar-refractivity contribution is 9.10. The minimum absolute atomic E-state index is 0.0516. The summed E-state index contributed by atoms with van der Waals surface area (Å²) in [6, 6.07) is 3.28. The fraction of sp³-hybridized carbons (Fsp3) is 0.278. The molecule has 28 heavy (non-hydrogen) atoms. The molecular formula is C18H17BrN2O7. The molecule has 0 aliphatic carbocycles. The predicted octanol–water partition coefficient (Wildman–Crippen LogP) is 3.29. The summed E-state index contributed by atoms with van der Waals surface area (Å²) in [6.07, 6.45) is 0. The maximum atomic E-state index is 12.8. The van der Waals surface area contributed by atoms with Crippen molar-refractivity contribution in [3.05, 3.63) is 33.0 Å². The van der Waals surface area contributed by atoms with Crippen LogP contribution in [0.1, 0.15) is 32.0 Å². The molecule has 2 aromatic rings. The van der Waals surface area contributed by atoms with E-state index in [0.717, 1.165) is 0 Å². The Hall–Kier alpha value is -3.19. The number of methoxy groups -OCH3 is 4. The average Bonchev–Trinajstić information content (AvgIpc) is 3.01. The fourth-order valence-corrected chi connectivity index (χ4v) is 3.18. The maximum absolute atomic E-state index is 12.8. The van der Waals surface area contributed by atoms with Gasteiger partial charge in [-0.25, -0.2) is 4.79 Å². The molecule has 1 heterocycles. The van der Waals surface area contributed by atoms with Crippen molar-refractivity contribution >= 4 is 33.7 Å². The molecule has 10 heteroatoms. The number of furan rings is 1. The quantitative estimate of drug-likeness (QED) is 0.662. The molecule has 0 saturated carbocycles. The summed E-state index contributed by atoms with van der Waals surface area (Å²) < 4.78 is 26.2. The molecule has 0 aliphatic rings. The number of amides is 1. The van der Waals surface area contributed by atoms with Crippen LogP contribution in [0.5, 0.6) is 17.2 Å². The molecule has 1 aromatic heterocycles. The summed E-state index contributed by atoms with van der Waals surface area (Å²) in [5.41, 5.74) is -0.0578. The van der Waals surface area contributed by atoms with Gasteiger partial charge < -0.3 is 23.4 Å². The molecular weight excluding hydrogens is 436 g/mol.